The molecule has 0 bridgehead atoms. The molecule has 0 aromatic carbocycles. The number of rotatable bonds is 6. The smallest absolute Gasteiger partial charge is 0.339 e. The Morgan fingerprint density at radius 2 is 2.17 bits per heavy atom. The molecular formula is C12H17N3O3. The van der Waals surface area contributed by atoms with Crippen molar-refractivity contribution in [3.8, 4) is 0 Å². The molecule has 1 amide bonds. The molecule has 1 rings (SSSR count). The molecule has 1 aromatic rings. The van der Waals surface area contributed by atoms with Crippen LogP contribution in [-0.2, 0) is 9.53 Å². The fourth-order valence-electron chi connectivity index (χ4n) is 1.26. The van der Waals surface area contributed by atoms with Gasteiger partial charge in [-0.15, -0.1) is 0 Å². The first-order chi connectivity index (χ1) is 8.67. The number of hydrogen-bond donors (Lipinski definition) is 2. The van der Waals surface area contributed by atoms with Gasteiger partial charge in [0.1, 0.15) is 5.82 Å². The maximum Gasteiger partial charge on any atom is 0.339 e. The van der Waals surface area contributed by atoms with Gasteiger partial charge >= 0.3 is 5.97 Å². The van der Waals surface area contributed by atoms with Gasteiger partial charge in [0.15, 0.2) is 0 Å². The number of esters is 1. The minimum atomic E-state index is -0.387. The normalized spacial score (nSPS) is 9.67. The van der Waals surface area contributed by atoms with E-state index in [1.807, 2.05) is 0 Å². The summed E-state index contributed by atoms with van der Waals surface area (Å²) in [5, 5.41) is 5.51. The van der Waals surface area contributed by atoms with Crippen LogP contribution in [0.2, 0.25) is 0 Å². The van der Waals surface area contributed by atoms with E-state index in [0.717, 1.165) is 0 Å². The van der Waals surface area contributed by atoms with Gasteiger partial charge in [0.05, 0.1) is 12.2 Å². The topological polar surface area (TPSA) is 80.3 Å². The average molecular weight is 251 g/mol. The largest absolute Gasteiger partial charge is 0.462 e. The highest BCUT2D eigenvalue weighted by Gasteiger charge is 2.06. The Kier molecular flexibility index (Phi) is 5.63. The van der Waals surface area contributed by atoms with Crippen LogP contribution in [0, 0.1) is 0 Å². The van der Waals surface area contributed by atoms with E-state index in [-0.39, 0.29) is 11.9 Å². The van der Waals surface area contributed by atoms with Crippen molar-refractivity contribution in [3.05, 3.63) is 23.9 Å². The number of amides is 1. The second kappa shape index (κ2) is 7.26. The summed E-state index contributed by atoms with van der Waals surface area (Å²) in [6, 6.07) is 3.31. The SMILES string of the molecule is CCOC(=O)c1ccc(NCCC(=O)NC)nc1. The Bertz CT molecular complexity index is 404. The molecule has 0 radical (unpaired) electrons. The molecule has 0 spiro atoms. The molecule has 98 valence electrons. The Labute approximate surface area is 106 Å². The lowest BCUT2D eigenvalue weighted by atomic mass is 10.3. The number of nitrogens with zero attached hydrogens (tertiary/aromatic N) is 1. The van der Waals surface area contributed by atoms with Gasteiger partial charge in [0.25, 0.3) is 0 Å². The summed E-state index contributed by atoms with van der Waals surface area (Å²) in [6.07, 6.45) is 1.82. The van der Waals surface area contributed by atoms with Crippen LogP contribution in [0.25, 0.3) is 0 Å². The predicted octanol–water partition coefficient (Wildman–Crippen LogP) is 0.806. The first-order valence-corrected chi connectivity index (χ1v) is 5.75. The van der Waals surface area contributed by atoms with Gasteiger partial charge in [-0.2, -0.15) is 0 Å². The zero-order valence-corrected chi connectivity index (χ0v) is 10.5. The summed E-state index contributed by atoms with van der Waals surface area (Å²) in [5.74, 6) is 0.194. The molecule has 0 atom stereocenters. The number of carbonyl (C=O) groups excluding carboxylic acids is 2. The van der Waals surface area contributed by atoms with E-state index in [9.17, 15) is 9.59 Å². The highest BCUT2D eigenvalue weighted by Crippen LogP contribution is 2.06. The molecular weight excluding hydrogens is 234 g/mol. The van der Waals surface area contributed by atoms with Crippen molar-refractivity contribution in [2.45, 2.75) is 13.3 Å². The standard InChI is InChI=1S/C12H17N3O3/c1-3-18-12(17)9-4-5-10(15-8-9)14-7-6-11(16)13-2/h4-5,8H,3,6-7H2,1-2H3,(H,13,16)(H,14,15). The molecule has 0 aliphatic carbocycles. The molecule has 0 saturated heterocycles. The Morgan fingerprint density at radius 1 is 1.39 bits per heavy atom. The van der Waals surface area contributed by atoms with Gasteiger partial charge in [-0.25, -0.2) is 9.78 Å². The van der Waals surface area contributed by atoms with Gasteiger partial charge in [-0.05, 0) is 19.1 Å². The lowest BCUT2D eigenvalue weighted by Crippen LogP contribution is -2.21. The van der Waals surface area contributed by atoms with E-state index < -0.39 is 0 Å². The lowest BCUT2D eigenvalue weighted by molar-refractivity contribution is -0.120. The van der Waals surface area contributed by atoms with Crippen molar-refractivity contribution in [2.75, 3.05) is 25.5 Å². The van der Waals surface area contributed by atoms with E-state index in [4.69, 9.17) is 4.74 Å². The Hall–Kier alpha value is -2.11. The summed E-state index contributed by atoms with van der Waals surface area (Å²) in [5.41, 5.74) is 0.411. The number of ether oxygens (including phenoxy) is 1. The third kappa shape index (κ3) is 4.40. The molecule has 18 heavy (non-hydrogen) atoms. The lowest BCUT2D eigenvalue weighted by Gasteiger charge is -2.06. The summed E-state index contributed by atoms with van der Waals surface area (Å²) in [4.78, 5) is 26.4. The molecule has 0 fully saturated rings. The van der Waals surface area contributed by atoms with Crippen LogP contribution in [0.15, 0.2) is 18.3 Å². The minimum Gasteiger partial charge on any atom is -0.462 e. The van der Waals surface area contributed by atoms with E-state index in [0.29, 0.717) is 31.0 Å². The number of aromatic nitrogens is 1. The summed E-state index contributed by atoms with van der Waals surface area (Å²) >= 11 is 0. The first-order valence-electron chi connectivity index (χ1n) is 5.75. The fraction of sp³-hybridized carbons (Fsp3) is 0.417. The van der Waals surface area contributed by atoms with E-state index in [1.165, 1.54) is 6.20 Å². The second-order valence-corrected chi connectivity index (χ2v) is 3.50. The van der Waals surface area contributed by atoms with Gasteiger partial charge in [-0.3, -0.25) is 4.79 Å². The molecule has 1 heterocycles. The molecule has 0 unspecified atom stereocenters. The number of nitrogens with one attached hydrogen (secondary N) is 2. The molecule has 1 aromatic heterocycles. The average Bonchev–Trinajstić information content (AvgIpc) is 2.39. The predicted molar refractivity (Wildman–Crippen MR) is 67.4 cm³/mol. The Balaban J connectivity index is 2.45. The van der Waals surface area contributed by atoms with Crippen LogP contribution in [0.4, 0.5) is 5.82 Å². The number of anilines is 1. The van der Waals surface area contributed by atoms with E-state index in [1.54, 1.807) is 26.1 Å². The minimum absolute atomic E-state index is 0.0364. The zero-order valence-electron chi connectivity index (χ0n) is 10.5. The number of pyridine rings is 1. The summed E-state index contributed by atoms with van der Waals surface area (Å²) < 4.78 is 4.84. The highest BCUT2D eigenvalue weighted by atomic mass is 16.5. The van der Waals surface area contributed by atoms with Gasteiger partial charge < -0.3 is 15.4 Å². The third-order valence-corrected chi connectivity index (χ3v) is 2.21. The van der Waals surface area contributed by atoms with Crippen molar-refractivity contribution >= 4 is 17.7 Å². The second-order valence-electron chi connectivity index (χ2n) is 3.50. The van der Waals surface area contributed by atoms with Crippen LogP contribution in [0.5, 0.6) is 0 Å². The van der Waals surface area contributed by atoms with Crippen LogP contribution < -0.4 is 10.6 Å². The third-order valence-electron chi connectivity index (χ3n) is 2.21. The zero-order chi connectivity index (χ0) is 13.4. The van der Waals surface area contributed by atoms with Crippen LogP contribution >= 0.6 is 0 Å². The number of hydrogen-bond acceptors (Lipinski definition) is 5. The molecule has 2 N–H and O–H groups in total. The maximum absolute atomic E-state index is 11.4. The van der Waals surface area contributed by atoms with Crippen molar-refractivity contribution in [3.63, 3.8) is 0 Å². The maximum atomic E-state index is 11.4. The van der Waals surface area contributed by atoms with E-state index in [2.05, 4.69) is 15.6 Å². The fourth-order valence-corrected chi connectivity index (χ4v) is 1.26. The molecule has 0 aliphatic rings. The molecule has 6 nitrogen and oxygen atoms in total. The summed E-state index contributed by atoms with van der Waals surface area (Å²) in [7, 11) is 1.59. The molecule has 6 heteroatoms. The molecule has 0 saturated carbocycles. The van der Waals surface area contributed by atoms with Crippen LogP contribution in [-0.4, -0.2) is 37.1 Å². The van der Waals surface area contributed by atoms with Crippen molar-refractivity contribution in [1.82, 2.24) is 10.3 Å². The van der Waals surface area contributed by atoms with Gasteiger partial charge in [0.2, 0.25) is 5.91 Å². The molecule has 0 aliphatic heterocycles. The summed E-state index contributed by atoms with van der Waals surface area (Å²) in [6.45, 7) is 2.58. The highest BCUT2D eigenvalue weighted by molar-refractivity contribution is 5.89. The van der Waals surface area contributed by atoms with Gasteiger partial charge in [0, 0.05) is 26.2 Å². The van der Waals surface area contributed by atoms with Crippen LogP contribution in [0.1, 0.15) is 23.7 Å². The van der Waals surface area contributed by atoms with Crippen molar-refractivity contribution in [1.29, 1.82) is 0 Å². The van der Waals surface area contributed by atoms with Gasteiger partial charge in [-0.1, -0.05) is 0 Å². The van der Waals surface area contributed by atoms with Crippen molar-refractivity contribution < 1.29 is 14.3 Å². The quantitative estimate of drug-likeness (QED) is 0.731. The van der Waals surface area contributed by atoms with E-state index >= 15 is 0 Å². The Morgan fingerprint density at radius 3 is 2.72 bits per heavy atom. The first kappa shape index (κ1) is 14.0. The number of carbonyl (C=O) groups is 2. The van der Waals surface area contributed by atoms with Crippen LogP contribution in [0.3, 0.4) is 0 Å². The monoisotopic (exact) mass is 251 g/mol. The van der Waals surface area contributed by atoms with Crippen molar-refractivity contribution in [2.24, 2.45) is 0 Å².